The third-order valence-corrected chi connectivity index (χ3v) is 4.11. The van der Waals surface area contributed by atoms with E-state index in [4.69, 9.17) is 4.42 Å². The van der Waals surface area contributed by atoms with E-state index in [2.05, 4.69) is 49.4 Å². The molecule has 0 saturated heterocycles. The van der Waals surface area contributed by atoms with Gasteiger partial charge in [0.25, 0.3) is 0 Å². The minimum absolute atomic E-state index is 0. The first-order valence-corrected chi connectivity index (χ1v) is 8.86. The minimum Gasteiger partial charge on any atom is -0.469 e. The van der Waals surface area contributed by atoms with Crippen LogP contribution in [0.1, 0.15) is 17.1 Å². The van der Waals surface area contributed by atoms with Gasteiger partial charge in [0.1, 0.15) is 11.6 Å². The molecule has 0 saturated carbocycles. The van der Waals surface area contributed by atoms with Crippen LogP contribution in [0.2, 0.25) is 0 Å². The van der Waals surface area contributed by atoms with Gasteiger partial charge in [-0.3, -0.25) is 4.99 Å². The standard InChI is InChI=1S/C20H25N5O.HI/c1-21-20(23-11-9-18-8-5-15-26-18)24-12-10-19-22-13-14-25(19)16-17-6-3-2-4-7-17;/h2-8,13-15H,9-12,16H2,1H3,(H2,21,23,24);1H. The van der Waals surface area contributed by atoms with Gasteiger partial charge in [0.15, 0.2) is 5.96 Å². The number of aliphatic imine (C=N–C) groups is 1. The molecule has 2 heterocycles. The number of rotatable bonds is 8. The maximum absolute atomic E-state index is 5.33. The highest BCUT2D eigenvalue weighted by Gasteiger charge is 2.05. The minimum atomic E-state index is 0. The molecule has 27 heavy (non-hydrogen) atoms. The summed E-state index contributed by atoms with van der Waals surface area (Å²) in [4.78, 5) is 8.73. The highest BCUT2D eigenvalue weighted by atomic mass is 127. The molecule has 0 aliphatic heterocycles. The molecule has 0 atom stereocenters. The molecular formula is C20H26IN5O. The lowest BCUT2D eigenvalue weighted by molar-refractivity contribution is 0.507. The topological polar surface area (TPSA) is 67.4 Å². The molecule has 3 aromatic rings. The van der Waals surface area contributed by atoms with Crippen molar-refractivity contribution in [1.82, 2.24) is 20.2 Å². The first-order valence-electron chi connectivity index (χ1n) is 8.86. The van der Waals surface area contributed by atoms with Crippen LogP contribution < -0.4 is 10.6 Å². The average Bonchev–Trinajstić information content (AvgIpc) is 3.34. The summed E-state index contributed by atoms with van der Waals surface area (Å²) in [6.07, 6.45) is 7.24. The van der Waals surface area contributed by atoms with Crippen molar-refractivity contribution in [3.8, 4) is 0 Å². The van der Waals surface area contributed by atoms with E-state index in [9.17, 15) is 0 Å². The molecule has 0 bridgehead atoms. The van der Waals surface area contributed by atoms with Crippen LogP contribution in [-0.2, 0) is 19.4 Å². The van der Waals surface area contributed by atoms with E-state index in [-0.39, 0.29) is 24.0 Å². The molecule has 2 N–H and O–H groups in total. The molecule has 2 aromatic heterocycles. The molecule has 0 unspecified atom stereocenters. The fraction of sp³-hybridized carbons (Fsp3) is 0.300. The number of benzene rings is 1. The second-order valence-electron chi connectivity index (χ2n) is 5.96. The van der Waals surface area contributed by atoms with Gasteiger partial charge in [-0.2, -0.15) is 0 Å². The van der Waals surface area contributed by atoms with Crippen molar-refractivity contribution in [1.29, 1.82) is 0 Å². The lowest BCUT2D eigenvalue weighted by Crippen LogP contribution is -2.39. The van der Waals surface area contributed by atoms with Crippen LogP contribution in [0.4, 0.5) is 0 Å². The molecule has 0 aliphatic carbocycles. The summed E-state index contributed by atoms with van der Waals surface area (Å²) in [5, 5.41) is 6.63. The van der Waals surface area contributed by atoms with E-state index in [0.29, 0.717) is 0 Å². The van der Waals surface area contributed by atoms with Crippen molar-refractivity contribution in [2.45, 2.75) is 19.4 Å². The Morgan fingerprint density at radius 3 is 2.56 bits per heavy atom. The molecule has 0 radical (unpaired) electrons. The Labute approximate surface area is 177 Å². The van der Waals surface area contributed by atoms with Gasteiger partial charge in [-0.25, -0.2) is 4.98 Å². The lowest BCUT2D eigenvalue weighted by Gasteiger charge is -2.12. The number of hydrogen-bond acceptors (Lipinski definition) is 3. The first-order chi connectivity index (χ1) is 12.8. The molecule has 0 amide bonds. The Morgan fingerprint density at radius 1 is 1.07 bits per heavy atom. The summed E-state index contributed by atoms with van der Waals surface area (Å²) in [7, 11) is 1.78. The van der Waals surface area contributed by atoms with Crippen LogP contribution in [0.3, 0.4) is 0 Å². The van der Waals surface area contributed by atoms with E-state index in [1.165, 1.54) is 5.56 Å². The van der Waals surface area contributed by atoms with E-state index < -0.39 is 0 Å². The fourth-order valence-electron chi connectivity index (χ4n) is 2.76. The van der Waals surface area contributed by atoms with Crippen LogP contribution in [0, 0.1) is 0 Å². The van der Waals surface area contributed by atoms with Gasteiger partial charge >= 0.3 is 0 Å². The number of nitrogens with one attached hydrogen (secondary N) is 2. The van der Waals surface area contributed by atoms with Gasteiger partial charge < -0.3 is 19.6 Å². The van der Waals surface area contributed by atoms with Crippen LogP contribution in [-0.4, -0.2) is 35.6 Å². The molecule has 0 aliphatic rings. The van der Waals surface area contributed by atoms with E-state index >= 15 is 0 Å². The molecule has 1 aromatic carbocycles. The number of imidazole rings is 1. The molecule has 7 heteroatoms. The molecular weight excluding hydrogens is 453 g/mol. The Morgan fingerprint density at radius 2 is 1.85 bits per heavy atom. The molecule has 6 nitrogen and oxygen atoms in total. The third-order valence-electron chi connectivity index (χ3n) is 4.11. The molecule has 3 rings (SSSR count). The fourth-order valence-corrected chi connectivity index (χ4v) is 2.76. The van der Waals surface area contributed by atoms with Crippen LogP contribution in [0.5, 0.6) is 0 Å². The molecule has 0 spiro atoms. The number of nitrogens with zero attached hydrogens (tertiary/aromatic N) is 3. The summed E-state index contributed by atoms with van der Waals surface area (Å²) in [5.41, 5.74) is 1.27. The first kappa shape index (κ1) is 21.0. The highest BCUT2D eigenvalue weighted by Crippen LogP contribution is 2.06. The number of furan rings is 1. The predicted octanol–water partition coefficient (Wildman–Crippen LogP) is 3.09. The van der Waals surface area contributed by atoms with Crippen molar-refractivity contribution in [3.63, 3.8) is 0 Å². The quantitative estimate of drug-likeness (QED) is 0.296. The summed E-state index contributed by atoms with van der Waals surface area (Å²) < 4.78 is 7.51. The van der Waals surface area contributed by atoms with Crippen LogP contribution in [0.15, 0.2) is 70.5 Å². The Hall–Kier alpha value is -2.29. The average molecular weight is 479 g/mol. The smallest absolute Gasteiger partial charge is 0.191 e. The SMILES string of the molecule is CN=C(NCCc1ccco1)NCCc1nccn1Cc1ccccc1.I. The van der Waals surface area contributed by atoms with E-state index in [1.807, 2.05) is 30.6 Å². The van der Waals surface area contributed by atoms with Crippen LogP contribution >= 0.6 is 24.0 Å². The third kappa shape index (κ3) is 6.74. The Balaban J connectivity index is 0.00000261. The van der Waals surface area contributed by atoms with E-state index in [1.54, 1.807) is 13.3 Å². The Kier molecular flexibility index (Phi) is 8.90. The summed E-state index contributed by atoms with van der Waals surface area (Å²) in [6.45, 7) is 2.38. The van der Waals surface area contributed by atoms with Crippen molar-refractivity contribution >= 4 is 29.9 Å². The maximum atomic E-state index is 5.33. The zero-order valence-electron chi connectivity index (χ0n) is 15.5. The second kappa shape index (κ2) is 11.4. The number of halogens is 1. The summed E-state index contributed by atoms with van der Waals surface area (Å²) in [6, 6.07) is 14.3. The lowest BCUT2D eigenvalue weighted by atomic mass is 10.2. The predicted molar refractivity (Wildman–Crippen MR) is 119 cm³/mol. The largest absolute Gasteiger partial charge is 0.469 e. The zero-order valence-corrected chi connectivity index (χ0v) is 17.8. The zero-order chi connectivity index (χ0) is 18.0. The van der Waals surface area contributed by atoms with Crippen molar-refractivity contribution < 1.29 is 4.42 Å². The van der Waals surface area contributed by atoms with Gasteiger partial charge in [-0.05, 0) is 17.7 Å². The van der Waals surface area contributed by atoms with Crippen molar-refractivity contribution in [3.05, 3.63) is 78.3 Å². The van der Waals surface area contributed by atoms with E-state index in [0.717, 1.165) is 50.0 Å². The monoisotopic (exact) mass is 479 g/mol. The summed E-state index contributed by atoms with van der Waals surface area (Å²) >= 11 is 0. The number of aromatic nitrogens is 2. The van der Waals surface area contributed by atoms with Gasteiger partial charge in [0.2, 0.25) is 0 Å². The van der Waals surface area contributed by atoms with Gasteiger partial charge in [-0.1, -0.05) is 30.3 Å². The summed E-state index contributed by atoms with van der Waals surface area (Å²) in [5.74, 6) is 2.82. The molecule has 144 valence electrons. The maximum Gasteiger partial charge on any atom is 0.191 e. The number of guanidine groups is 1. The van der Waals surface area contributed by atoms with Gasteiger partial charge in [-0.15, -0.1) is 24.0 Å². The van der Waals surface area contributed by atoms with Crippen LogP contribution in [0.25, 0.3) is 0 Å². The molecule has 0 fully saturated rings. The van der Waals surface area contributed by atoms with Crippen molar-refractivity contribution in [2.75, 3.05) is 20.1 Å². The Bertz CT molecular complexity index is 799. The van der Waals surface area contributed by atoms with Crippen molar-refractivity contribution in [2.24, 2.45) is 4.99 Å². The van der Waals surface area contributed by atoms with Gasteiger partial charge in [0, 0.05) is 51.9 Å². The normalized spacial score (nSPS) is 11.1. The highest BCUT2D eigenvalue weighted by molar-refractivity contribution is 14.0. The number of hydrogen-bond donors (Lipinski definition) is 2. The second-order valence-corrected chi connectivity index (χ2v) is 5.96. The van der Waals surface area contributed by atoms with Gasteiger partial charge in [0.05, 0.1) is 6.26 Å².